The van der Waals surface area contributed by atoms with Gasteiger partial charge < -0.3 is 9.47 Å². The fourth-order valence-electron chi connectivity index (χ4n) is 7.17. The summed E-state index contributed by atoms with van der Waals surface area (Å²) in [7, 11) is 0. The molecule has 0 aromatic carbocycles. The largest absolute Gasteiger partial charge is 0.347 e. The van der Waals surface area contributed by atoms with E-state index in [1.54, 1.807) is 5.57 Å². The zero-order valence-corrected chi connectivity index (χ0v) is 16.7. The van der Waals surface area contributed by atoms with Crippen molar-refractivity contribution in [3.8, 4) is 0 Å². The van der Waals surface area contributed by atoms with E-state index < -0.39 is 0 Å². The van der Waals surface area contributed by atoms with Gasteiger partial charge in [-0.1, -0.05) is 44.6 Å². The zero-order chi connectivity index (χ0) is 17.8. The Labute approximate surface area is 154 Å². The maximum Gasteiger partial charge on any atom is 0.173 e. The molecule has 0 bridgehead atoms. The summed E-state index contributed by atoms with van der Waals surface area (Å²) in [6.07, 6.45) is 17.5. The minimum Gasteiger partial charge on any atom is -0.347 e. The van der Waals surface area contributed by atoms with Crippen molar-refractivity contribution in [3.05, 3.63) is 23.8 Å². The van der Waals surface area contributed by atoms with Gasteiger partial charge in [0, 0.05) is 11.8 Å². The first kappa shape index (κ1) is 17.8. The van der Waals surface area contributed by atoms with Gasteiger partial charge in [-0.3, -0.25) is 0 Å². The van der Waals surface area contributed by atoms with Crippen molar-refractivity contribution in [2.75, 3.05) is 13.2 Å². The summed E-state index contributed by atoms with van der Waals surface area (Å²) in [6.45, 7) is 11.1. The van der Waals surface area contributed by atoms with Crippen LogP contribution < -0.4 is 0 Å². The van der Waals surface area contributed by atoms with Gasteiger partial charge in [0.25, 0.3) is 0 Å². The molecule has 4 aliphatic rings. The molecule has 3 atom stereocenters. The third-order valence-corrected chi connectivity index (χ3v) is 8.40. The third kappa shape index (κ3) is 2.36. The molecule has 2 heteroatoms. The van der Waals surface area contributed by atoms with Gasteiger partial charge in [-0.05, 0) is 68.6 Å². The molecule has 0 unspecified atom stereocenters. The van der Waals surface area contributed by atoms with Gasteiger partial charge in [-0.25, -0.2) is 0 Å². The maximum absolute atomic E-state index is 6.26. The highest BCUT2D eigenvalue weighted by molar-refractivity contribution is 5.32. The summed E-state index contributed by atoms with van der Waals surface area (Å²) in [5.41, 5.74) is 2.60. The van der Waals surface area contributed by atoms with Crippen molar-refractivity contribution in [3.63, 3.8) is 0 Å². The van der Waals surface area contributed by atoms with Crippen LogP contribution in [0.1, 0.15) is 79.1 Å². The van der Waals surface area contributed by atoms with E-state index in [9.17, 15) is 0 Å². The number of ether oxygens (including phenoxy) is 2. The highest BCUT2D eigenvalue weighted by Gasteiger charge is 2.65. The summed E-state index contributed by atoms with van der Waals surface area (Å²) in [4.78, 5) is 0. The molecular formula is C23H36O2. The van der Waals surface area contributed by atoms with Gasteiger partial charge in [-0.2, -0.15) is 0 Å². The molecule has 0 aromatic heterocycles. The van der Waals surface area contributed by atoms with Crippen molar-refractivity contribution < 1.29 is 9.47 Å². The molecule has 2 saturated carbocycles. The maximum atomic E-state index is 6.26. The molecular weight excluding hydrogens is 308 g/mol. The van der Waals surface area contributed by atoms with Gasteiger partial charge >= 0.3 is 0 Å². The fraction of sp³-hybridized carbons (Fsp3) is 0.826. The average Bonchev–Trinajstić information content (AvgIpc) is 3.08. The third-order valence-electron chi connectivity index (χ3n) is 8.40. The van der Waals surface area contributed by atoms with E-state index in [1.807, 2.05) is 0 Å². The van der Waals surface area contributed by atoms with E-state index in [2.05, 4.69) is 45.9 Å². The molecule has 3 fully saturated rings. The van der Waals surface area contributed by atoms with Crippen molar-refractivity contribution in [2.45, 2.75) is 84.8 Å². The lowest BCUT2D eigenvalue weighted by Gasteiger charge is -2.64. The highest BCUT2D eigenvalue weighted by atomic mass is 16.7. The molecule has 1 heterocycles. The molecule has 1 spiro atoms. The summed E-state index contributed by atoms with van der Waals surface area (Å²) >= 11 is 0. The molecule has 1 aliphatic heterocycles. The minimum absolute atomic E-state index is 0.0710. The second kappa shape index (κ2) is 5.96. The minimum atomic E-state index is -0.338. The van der Waals surface area contributed by atoms with Crippen molar-refractivity contribution in [1.29, 1.82) is 0 Å². The molecule has 4 rings (SSSR count). The van der Waals surface area contributed by atoms with Crippen LogP contribution >= 0.6 is 0 Å². The van der Waals surface area contributed by atoms with E-state index in [1.165, 1.54) is 44.9 Å². The lowest BCUT2D eigenvalue weighted by Crippen LogP contribution is -2.62. The standard InChI is InChI=1S/C23H36O2/c1-5-6-11-22-12-8-7-9-19(22)21(4)14-15-23(24-16-17-25-23)20(2,3)18(21)10-13-22/h5-6,9,18H,7-8,10-17H2,1-4H3/b6-5+/t18-,21-,22+/m0/s1. The van der Waals surface area contributed by atoms with Crippen molar-refractivity contribution >= 4 is 0 Å². The molecule has 25 heavy (non-hydrogen) atoms. The van der Waals surface area contributed by atoms with Gasteiger partial charge in [0.2, 0.25) is 0 Å². The van der Waals surface area contributed by atoms with Gasteiger partial charge in [0.05, 0.1) is 13.2 Å². The summed E-state index contributed by atoms with van der Waals surface area (Å²) in [6, 6.07) is 0. The second-order valence-corrected chi connectivity index (χ2v) is 9.74. The van der Waals surface area contributed by atoms with Crippen LogP contribution in [0.2, 0.25) is 0 Å². The fourth-order valence-corrected chi connectivity index (χ4v) is 7.17. The number of rotatable bonds is 2. The molecule has 0 N–H and O–H groups in total. The number of hydrogen-bond acceptors (Lipinski definition) is 2. The predicted octanol–water partition coefficient (Wildman–Crippen LogP) is 6.03. The Kier molecular flexibility index (Phi) is 4.24. The summed E-state index contributed by atoms with van der Waals surface area (Å²) < 4.78 is 12.5. The Bertz CT molecular complexity index is 581. The number of allylic oxidation sites excluding steroid dienone is 4. The first-order chi connectivity index (χ1) is 11.9. The van der Waals surface area contributed by atoms with E-state index in [0.29, 0.717) is 16.7 Å². The predicted molar refractivity (Wildman–Crippen MR) is 102 cm³/mol. The first-order valence-corrected chi connectivity index (χ1v) is 10.5. The van der Waals surface area contributed by atoms with Gasteiger partial charge in [-0.15, -0.1) is 0 Å². The first-order valence-electron chi connectivity index (χ1n) is 10.5. The van der Waals surface area contributed by atoms with E-state index in [4.69, 9.17) is 9.47 Å². The van der Waals surface area contributed by atoms with Crippen LogP contribution in [0, 0.1) is 22.2 Å². The molecule has 0 amide bonds. The Balaban J connectivity index is 1.73. The van der Waals surface area contributed by atoms with E-state index in [-0.39, 0.29) is 11.2 Å². The second-order valence-electron chi connectivity index (χ2n) is 9.74. The average molecular weight is 345 g/mol. The normalized spacial score (nSPS) is 42.2. The molecule has 140 valence electrons. The van der Waals surface area contributed by atoms with Crippen LogP contribution in [0.3, 0.4) is 0 Å². The van der Waals surface area contributed by atoms with E-state index in [0.717, 1.165) is 19.6 Å². The Morgan fingerprint density at radius 2 is 1.84 bits per heavy atom. The van der Waals surface area contributed by atoms with Crippen molar-refractivity contribution in [2.24, 2.45) is 22.2 Å². The highest BCUT2D eigenvalue weighted by Crippen LogP contribution is 2.69. The Morgan fingerprint density at radius 3 is 2.56 bits per heavy atom. The summed E-state index contributed by atoms with van der Waals surface area (Å²) in [5, 5.41) is 0. The zero-order valence-electron chi connectivity index (χ0n) is 16.7. The van der Waals surface area contributed by atoms with Gasteiger partial charge in [0.1, 0.15) is 0 Å². The lowest BCUT2D eigenvalue weighted by molar-refractivity contribution is -0.285. The topological polar surface area (TPSA) is 18.5 Å². The van der Waals surface area contributed by atoms with Crippen molar-refractivity contribution in [1.82, 2.24) is 0 Å². The lowest BCUT2D eigenvalue weighted by atomic mass is 9.42. The molecule has 0 radical (unpaired) electrons. The number of hydrogen-bond donors (Lipinski definition) is 0. The molecule has 2 nitrogen and oxygen atoms in total. The van der Waals surface area contributed by atoms with Crippen LogP contribution in [0.5, 0.6) is 0 Å². The SMILES string of the molecule is C/C=C/C[C@]12CCCC=C1[C@@]1(C)CCC3(OCCO3)C(C)(C)[C@@H]1CC2. The van der Waals surface area contributed by atoms with Crippen LogP contribution in [-0.2, 0) is 9.47 Å². The van der Waals surface area contributed by atoms with Crippen LogP contribution in [0.4, 0.5) is 0 Å². The monoisotopic (exact) mass is 344 g/mol. The summed E-state index contributed by atoms with van der Waals surface area (Å²) in [5.74, 6) is 0.311. The molecule has 3 aliphatic carbocycles. The van der Waals surface area contributed by atoms with Crippen LogP contribution in [-0.4, -0.2) is 19.0 Å². The van der Waals surface area contributed by atoms with Crippen LogP contribution in [0.25, 0.3) is 0 Å². The molecule has 0 aromatic rings. The Hall–Kier alpha value is -0.600. The quantitative estimate of drug-likeness (QED) is 0.569. The number of fused-ring (bicyclic) bond motifs is 3. The molecule has 1 saturated heterocycles. The van der Waals surface area contributed by atoms with Gasteiger partial charge in [0.15, 0.2) is 5.79 Å². The van der Waals surface area contributed by atoms with E-state index >= 15 is 0 Å². The Morgan fingerprint density at radius 1 is 1.08 bits per heavy atom. The van der Waals surface area contributed by atoms with Crippen LogP contribution in [0.15, 0.2) is 23.8 Å². The smallest absolute Gasteiger partial charge is 0.173 e.